The maximum atomic E-state index is 13.1. The van der Waals surface area contributed by atoms with E-state index in [0.29, 0.717) is 18.7 Å². The van der Waals surface area contributed by atoms with E-state index in [1.54, 1.807) is 4.90 Å². The number of H-pyrrole nitrogens is 1. The van der Waals surface area contributed by atoms with Gasteiger partial charge < -0.3 is 10.0 Å². The minimum absolute atomic E-state index is 0.130. The number of carbonyl (C=O) groups excluding carboxylic acids is 1. The summed E-state index contributed by atoms with van der Waals surface area (Å²) >= 11 is 0. The second-order valence-electron chi connectivity index (χ2n) is 6.67. The molecule has 6 heteroatoms. The third-order valence-corrected chi connectivity index (χ3v) is 5.14. The highest BCUT2D eigenvalue weighted by molar-refractivity contribution is 5.91. The summed E-state index contributed by atoms with van der Waals surface area (Å²) in [6, 6.07) is 9.97. The van der Waals surface area contributed by atoms with E-state index in [-0.39, 0.29) is 17.9 Å². The van der Waals surface area contributed by atoms with Crippen LogP contribution in [0, 0.1) is 0 Å². The monoisotopic (exact) mass is 312 g/mol. The van der Waals surface area contributed by atoms with Crippen molar-refractivity contribution in [2.75, 3.05) is 13.1 Å². The molecule has 1 aromatic carbocycles. The lowest BCUT2D eigenvalue weighted by Crippen LogP contribution is -2.51. The molecule has 4 rings (SSSR count). The molecule has 0 spiro atoms. The van der Waals surface area contributed by atoms with Crippen molar-refractivity contribution in [1.29, 1.82) is 0 Å². The number of benzene rings is 1. The Morgan fingerprint density at radius 2 is 2.00 bits per heavy atom. The van der Waals surface area contributed by atoms with Gasteiger partial charge in [-0.05, 0) is 31.2 Å². The number of aliphatic hydroxyl groups is 1. The first-order valence-electron chi connectivity index (χ1n) is 8.08. The number of piperidine rings is 1. The molecule has 1 saturated carbocycles. The normalized spacial score (nSPS) is 26.0. The van der Waals surface area contributed by atoms with Gasteiger partial charge >= 0.3 is 0 Å². The SMILES string of the molecule is O=C(N1CCC[C@](O)(c2cn[nH]n2)C1)C1(c2ccccc2)CC1. The average molecular weight is 312 g/mol. The van der Waals surface area contributed by atoms with Crippen molar-refractivity contribution in [3.8, 4) is 0 Å². The van der Waals surface area contributed by atoms with Crippen LogP contribution in [-0.4, -0.2) is 44.4 Å². The van der Waals surface area contributed by atoms with Crippen LogP contribution in [0.2, 0.25) is 0 Å². The number of carbonyl (C=O) groups is 1. The van der Waals surface area contributed by atoms with Crippen LogP contribution in [0.4, 0.5) is 0 Å². The molecule has 6 nitrogen and oxygen atoms in total. The maximum Gasteiger partial charge on any atom is 0.233 e. The molecule has 1 atom stereocenters. The largest absolute Gasteiger partial charge is 0.382 e. The quantitative estimate of drug-likeness (QED) is 0.896. The van der Waals surface area contributed by atoms with E-state index in [4.69, 9.17) is 0 Å². The fraction of sp³-hybridized carbons (Fsp3) is 0.471. The maximum absolute atomic E-state index is 13.1. The predicted molar refractivity (Wildman–Crippen MR) is 83.4 cm³/mol. The molecule has 2 heterocycles. The third kappa shape index (κ3) is 2.34. The van der Waals surface area contributed by atoms with Gasteiger partial charge in [0.1, 0.15) is 11.3 Å². The molecule has 1 aliphatic heterocycles. The van der Waals surface area contributed by atoms with E-state index in [0.717, 1.165) is 24.8 Å². The van der Waals surface area contributed by atoms with Crippen LogP contribution in [0.25, 0.3) is 0 Å². The molecule has 0 radical (unpaired) electrons. The molecular formula is C17H20N4O2. The van der Waals surface area contributed by atoms with Crippen molar-refractivity contribution in [1.82, 2.24) is 20.3 Å². The molecule has 1 amide bonds. The predicted octanol–water partition coefficient (Wildman–Crippen LogP) is 1.35. The molecule has 0 unspecified atom stereocenters. The van der Waals surface area contributed by atoms with Gasteiger partial charge in [-0.25, -0.2) is 0 Å². The number of amides is 1. The minimum atomic E-state index is -1.10. The highest BCUT2D eigenvalue weighted by Gasteiger charge is 2.54. The van der Waals surface area contributed by atoms with E-state index in [2.05, 4.69) is 15.4 Å². The highest BCUT2D eigenvalue weighted by atomic mass is 16.3. The third-order valence-electron chi connectivity index (χ3n) is 5.14. The number of rotatable bonds is 3. The smallest absolute Gasteiger partial charge is 0.233 e. The number of hydrogen-bond acceptors (Lipinski definition) is 4. The van der Waals surface area contributed by atoms with Gasteiger partial charge in [-0.3, -0.25) is 4.79 Å². The van der Waals surface area contributed by atoms with Gasteiger partial charge in [0.05, 0.1) is 18.2 Å². The fourth-order valence-electron chi connectivity index (χ4n) is 3.66. The Bertz CT molecular complexity index is 697. The molecule has 2 fully saturated rings. The second-order valence-corrected chi connectivity index (χ2v) is 6.67. The zero-order valence-corrected chi connectivity index (χ0v) is 12.9. The fourth-order valence-corrected chi connectivity index (χ4v) is 3.66. The topological polar surface area (TPSA) is 82.1 Å². The van der Waals surface area contributed by atoms with Crippen molar-refractivity contribution in [2.45, 2.75) is 36.7 Å². The molecule has 1 aromatic heterocycles. The lowest BCUT2D eigenvalue weighted by molar-refractivity contribution is -0.141. The second kappa shape index (κ2) is 5.16. The Morgan fingerprint density at radius 3 is 2.65 bits per heavy atom. The Balaban J connectivity index is 1.58. The van der Waals surface area contributed by atoms with Gasteiger partial charge in [-0.15, -0.1) is 0 Å². The number of likely N-dealkylation sites (tertiary alicyclic amines) is 1. The van der Waals surface area contributed by atoms with Gasteiger partial charge in [0.25, 0.3) is 0 Å². The van der Waals surface area contributed by atoms with Crippen LogP contribution < -0.4 is 0 Å². The zero-order chi connectivity index (χ0) is 15.9. The molecule has 2 aliphatic rings. The Morgan fingerprint density at radius 1 is 1.22 bits per heavy atom. The molecule has 120 valence electrons. The first-order chi connectivity index (χ1) is 11.1. The number of aromatic nitrogens is 3. The Labute approximate surface area is 134 Å². The number of hydrogen-bond donors (Lipinski definition) is 2. The summed E-state index contributed by atoms with van der Waals surface area (Å²) in [5, 5.41) is 21.2. The van der Waals surface area contributed by atoms with Crippen LogP contribution in [0.1, 0.15) is 36.9 Å². The van der Waals surface area contributed by atoms with Crippen molar-refractivity contribution in [3.05, 3.63) is 47.8 Å². The summed E-state index contributed by atoms with van der Waals surface area (Å²) in [6.45, 7) is 0.973. The van der Waals surface area contributed by atoms with Crippen molar-refractivity contribution in [2.24, 2.45) is 0 Å². The van der Waals surface area contributed by atoms with E-state index in [1.807, 2.05) is 30.3 Å². The summed E-state index contributed by atoms with van der Waals surface area (Å²) in [7, 11) is 0. The van der Waals surface area contributed by atoms with Crippen LogP contribution in [0.5, 0.6) is 0 Å². The number of aromatic amines is 1. The number of nitrogens with zero attached hydrogens (tertiary/aromatic N) is 3. The Hall–Kier alpha value is -2.21. The average Bonchev–Trinajstić information content (AvgIpc) is 3.20. The summed E-state index contributed by atoms with van der Waals surface area (Å²) in [5.74, 6) is 0.130. The van der Waals surface area contributed by atoms with Crippen LogP contribution >= 0.6 is 0 Å². The van der Waals surface area contributed by atoms with Crippen LogP contribution in [0.3, 0.4) is 0 Å². The number of β-amino-alcohol motifs (C(OH)–C–C–N with tert-alkyl or cyclic N) is 1. The molecule has 1 saturated heterocycles. The van der Waals surface area contributed by atoms with Crippen LogP contribution in [0.15, 0.2) is 36.5 Å². The summed E-state index contributed by atoms with van der Waals surface area (Å²) in [4.78, 5) is 14.9. The van der Waals surface area contributed by atoms with Crippen molar-refractivity contribution >= 4 is 5.91 Å². The zero-order valence-electron chi connectivity index (χ0n) is 12.9. The van der Waals surface area contributed by atoms with Gasteiger partial charge in [0.15, 0.2) is 0 Å². The molecule has 2 aromatic rings. The van der Waals surface area contributed by atoms with E-state index in [9.17, 15) is 9.90 Å². The standard InChI is InChI=1S/C17H20N4O2/c22-15(16(8-9-16)13-5-2-1-3-6-13)21-10-4-7-17(23,12-21)14-11-18-20-19-14/h1-3,5-6,11,23H,4,7-10,12H2,(H,18,19,20)/t17-/m1/s1. The molecule has 0 bridgehead atoms. The molecule has 2 N–H and O–H groups in total. The highest BCUT2D eigenvalue weighted by Crippen LogP contribution is 2.50. The van der Waals surface area contributed by atoms with Crippen LogP contribution in [-0.2, 0) is 15.8 Å². The van der Waals surface area contributed by atoms with E-state index >= 15 is 0 Å². The Kier molecular flexibility index (Phi) is 3.23. The first-order valence-corrected chi connectivity index (χ1v) is 8.08. The van der Waals surface area contributed by atoms with Crippen molar-refractivity contribution < 1.29 is 9.90 Å². The number of nitrogens with one attached hydrogen (secondary N) is 1. The van der Waals surface area contributed by atoms with E-state index in [1.165, 1.54) is 6.20 Å². The molecule has 1 aliphatic carbocycles. The van der Waals surface area contributed by atoms with Gasteiger partial charge in [-0.2, -0.15) is 15.4 Å². The summed E-state index contributed by atoms with van der Waals surface area (Å²) in [5.41, 5.74) is 0.108. The molecule has 23 heavy (non-hydrogen) atoms. The summed E-state index contributed by atoms with van der Waals surface area (Å²) in [6.07, 6.45) is 4.67. The lowest BCUT2D eigenvalue weighted by Gasteiger charge is -2.39. The lowest BCUT2D eigenvalue weighted by atomic mass is 9.87. The van der Waals surface area contributed by atoms with Gasteiger partial charge in [0, 0.05) is 6.54 Å². The van der Waals surface area contributed by atoms with Gasteiger partial charge in [-0.1, -0.05) is 30.3 Å². The minimum Gasteiger partial charge on any atom is -0.382 e. The van der Waals surface area contributed by atoms with Gasteiger partial charge in [0.2, 0.25) is 5.91 Å². The summed E-state index contributed by atoms with van der Waals surface area (Å²) < 4.78 is 0. The first kappa shape index (κ1) is 14.4. The van der Waals surface area contributed by atoms with E-state index < -0.39 is 5.60 Å². The molecular weight excluding hydrogens is 292 g/mol. The van der Waals surface area contributed by atoms with Crippen molar-refractivity contribution in [3.63, 3.8) is 0 Å².